The van der Waals surface area contributed by atoms with Gasteiger partial charge in [0.15, 0.2) is 0 Å². The predicted molar refractivity (Wildman–Crippen MR) is 78.0 cm³/mol. The van der Waals surface area contributed by atoms with Crippen molar-refractivity contribution in [2.24, 2.45) is 0 Å². The number of carbonyl (C=O) groups excluding carboxylic acids is 1. The lowest BCUT2D eigenvalue weighted by Crippen LogP contribution is -2.22. The molecular weight excluding hydrogens is 364 g/mol. The van der Waals surface area contributed by atoms with Crippen LogP contribution in [-0.2, 0) is 16.2 Å². The molecule has 1 aromatic carbocycles. The maximum Gasteiger partial charge on any atom is 0.373 e. The SMILES string of the molecule is CC(C)(C)OOC(=O)c1cccc(CC(Br)Br)c1. The molecule has 1 aromatic rings. The molecule has 0 aromatic heterocycles. The average molecular weight is 380 g/mol. The number of carbonyl (C=O) groups is 1. The van der Waals surface area contributed by atoms with E-state index in [2.05, 4.69) is 31.9 Å². The normalized spacial score (nSPS) is 11.7. The Labute approximate surface area is 124 Å². The highest BCUT2D eigenvalue weighted by Gasteiger charge is 2.16. The van der Waals surface area contributed by atoms with Crippen molar-refractivity contribution in [3.05, 3.63) is 35.4 Å². The van der Waals surface area contributed by atoms with Crippen LogP contribution in [-0.4, -0.2) is 15.3 Å². The smallest absolute Gasteiger partial charge is 0.292 e. The van der Waals surface area contributed by atoms with Crippen molar-refractivity contribution in [2.45, 2.75) is 36.5 Å². The lowest BCUT2D eigenvalue weighted by Gasteiger charge is -2.16. The van der Waals surface area contributed by atoms with E-state index in [-0.39, 0.29) is 3.74 Å². The van der Waals surface area contributed by atoms with Crippen LogP contribution in [0.2, 0.25) is 0 Å². The van der Waals surface area contributed by atoms with Gasteiger partial charge in [0.05, 0.1) is 9.30 Å². The summed E-state index contributed by atoms with van der Waals surface area (Å²) in [7, 11) is 0. The van der Waals surface area contributed by atoms with Crippen LogP contribution >= 0.6 is 31.9 Å². The van der Waals surface area contributed by atoms with Crippen molar-refractivity contribution >= 4 is 37.8 Å². The van der Waals surface area contributed by atoms with E-state index in [0.717, 1.165) is 12.0 Å². The number of halogens is 2. The molecule has 0 aliphatic carbocycles. The lowest BCUT2D eigenvalue weighted by molar-refractivity contribution is -0.301. The topological polar surface area (TPSA) is 35.5 Å². The molecule has 18 heavy (non-hydrogen) atoms. The molecule has 0 heterocycles. The van der Waals surface area contributed by atoms with Gasteiger partial charge < -0.3 is 0 Å². The van der Waals surface area contributed by atoms with Gasteiger partial charge in [0.2, 0.25) is 0 Å². The quantitative estimate of drug-likeness (QED) is 0.446. The van der Waals surface area contributed by atoms with Gasteiger partial charge in [-0.1, -0.05) is 44.0 Å². The van der Waals surface area contributed by atoms with Crippen molar-refractivity contribution in [1.82, 2.24) is 0 Å². The van der Waals surface area contributed by atoms with Gasteiger partial charge >= 0.3 is 5.97 Å². The number of rotatable bonds is 4. The summed E-state index contributed by atoms with van der Waals surface area (Å²) < 4.78 is 0.182. The number of hydrogen-bond acceptors (Lipinski definition) is 3. The summed E-state index contributed by atoms with van der Waals surface area (Å²) in [6.45, 7) is 5.45. The fourth-order valence-corrected chi connectivity index (χ4v) is 1.96. The molecule has 0 aliphatic rings. The summed E-state index contributed by atoms with van der Waals surface area (Å²) >= 11 is 6.81. The standard InChI is InChI=1S/C13H16Br2O3/c1-13(2,3)18-17-12(16)10-6-4-5-9(7-10)8-11(14)15/h4-7,11H,8H2,1-3H3. The Bertz CT molecular complexity index is 411. The molecular formula is C13H16Br2O3. The molecule has 0 saturated carbocycles. The highest BCUT2D eigenvalue weighted by atomic mass is 79.9. The van der Waals surface area contributed by atoms with E-state index in [1.54, 1.807) is 12.1 Å². The first-order valence-electron chi connectivity index (χ1n) is 5.55. The second kappa shape index (κ2) is 6.68. The second-order valence-corrected chi connectivity index (χ2v) is 8.30. The predicted octanol–water partition coefficient (Wildman–Crippen LogP) is 4.23. The highest BCUT2D eigenvalue weighted by molar-refractivity contribution is 9.24. The summed E-state index contributed by atoms with van der Waals surface area (Å²) in [4.78, 5) is 21.5. The van der Waals surface area contributed by atoms with Crippen LogP contribution in [0.3, 0.4) is 0 Å². The molecule has 3 nitrogen and oxygen atoms in total. The van der Waals surface area contributed by atoms with Crippen molar-refractivity contribution in [1.29, 1.82) is 0 Å². The van der Waals surface area contributed by atoms with Crippen LogP contribution in [0.1, 0.15) is 36.7 Å². The molecule has 5 heteroatoms. The van der Waals surface area contributed by atoms with E-state index >= 15 is 0 Å². The molecule has 0 radical (unpaired) electrons. The summed E-state index contributed by atoms with van der Waals surface area (Å²) in [5, 5.41) is 0. The van der Waals surface area contributed by atoms with Crippen LogP contribution < -0.4 is 0 Å². The zero-order chi connectivity index (χ0) is 13.8. The molecule has 0 atom stereocenters. The molecule has 0 amide bonds. The Morgan fingerprint density at radius 3 is 2.56 bits per heavy atom. The van der Waals surface area contributed by atoms with E-state index < -0.39 is 11.6 Å². The van der Waals surface area contributed by atoms with Crippen molar-refractivity contribution in [3.8, 4) is 0 Å². The third kappa shape index (κ3) is 5.98. The van der Waals surface area contributed by atoms with Crippen LogP contribution in [0, 0.1) is 0 Å². The van der Waals surface area contributed by atoms with Crippen molar-refractivity contribution in [2.75, 3.05) is 0 Å². The fraction of sp³-hybridized carbons (Fsp3) is 0.462. The zero-order valence-corrected chi connectivity index (χ0v) is 13.7. The number of hydrogen-bond donors (Lipinski definition) is 0. The van der Waals surface area contributed by atoms with Gasteiger partial charge in [-0.3, -0.25) is 4.89 Å². The average Bonchev–Trinajstić information content (AvgIpc) is 2.24. The molecule has 0 unspecified atom stereocenters. The fourth-order valence-electron chi connectivity index (χ4n) is 1.21. The van der Waals surface area contributed by atoms with E-state index in [9.17, 15) is 4.79 Å². The van der Waals surface area contributed by atoms with Crippen LogP contribution in [0.15, 0.2) is 24.3 Å². The van der Waals surface area contributed by atoms with Crippen LogP contribution in [0.4, 0.5) is 0 Å². The molecule has 0 aliphatic heterocycles. The van der Waals surface area contributed by atoms with Gasteiger partial charge in [-0.25, -0.2) is 4.79 Å². The van der Waals surface area contributed by atoms with E-state index in [1.807, 2.05) is 32.9 Å². The minimum absolute atomic E-state index is 0.182. The lowest BCUT2D eigenvalue weighted by atomic mass is 10.1. The van der Waals surface area contributed by atoms with Crippen molar-refractivity contribution in [3.63, 3.8) is 0 Å². The highest BCUT2D eigenvalue weighted by Crippen LogP contribution is 2.17. The minimum atomic E-state index is -0.510. The second-order valence-electron chi connectivity index (χ2n) is 4.86. The first-order valence-corrected chi connectivity index (χ1v) is 7.38. The first kappa shape index (κ1) is 15.7. The first-order chi connectivity index (χ1) is 8.28. The van der Waals surface area contributed by atoms with E-state index in [0.29, 0.717) is 5.56 Å². The van der Waals surface area contributed by atoms with E-state index in [4.69, 9.17) is 9.78 Å². The summed E-state index contributed by atoms with van der Waals surface area (Å²) in [6, 6.07) is 7.28. The molecule has 0 bridgehead atoms. The number of benzene rings is 1. The Morgan fingerprint density at radius 2 is 2.00 bits per heavy atom. The Morgan fingerprint density at radius 1 is 1.33 bits per heavy atom. The minimum Gasteiger partial charge on any atom is -0.292 e. The largest absolute Gasteiger partial charge is 0.373 e. The maximum absolute atomic E-state index is 11.8. The Kier molecular flexibility index (Phi) is 5.82. The molecule has 0 spiro atoms. The molecule has 1 rings (SSSR count). The summed E-state index contributed by atoms with van der Waals surface area (Å²) in [5.74, 6) is -0.479. The number of alkyl halides is 2. The molecule has 0 fully saturated rings. The Balaban J connectivity index is 2.68. The summed E-state index contributed by atoms with van der Waals surface area (Å²) in [5.41, 5.74) is 1.01. The van der Waals surface area contributed by atoms with E-state index in [1.165, 1.54) is 0 Å². The molecule has 0 N–H and O–H groups in total. The van der Waals surface area contributed by atoms with Gasteiger partial charge in [0, 0.05) is 0 Å². The Hall–Kier alpha value is -0.390. The monoisotopic (exact) mass is 378 g/mol. The molecule has 0 saturated heterocycles. The van der Waals surface area contributed by atoms with Gasteiger partial charge in [0.1, 0.15) is 5.60 Å². The van der Waals surface area contributed by atoms with Crippen LogP contribution in [0.25, 0.3) is 0 Å². The van der Waals surface area contributed by atoms with Gasteiger partial charge in [0.25, 0.3) is 0 Å². The molecule has 100 valence electrons. The zero-order valence-electron chi connectivity index (χ0n) is 10.6. The van der Waals surface area contributed by atoms with Gasteiger partial charge in [-0.05, 0) is 44.9 Å². The third-order valence-corrected chi connectivity index (χ3v) is 2.57. The van der Waals surface area contributed by atoms with Crippen LogP contribution in [0.5, 0.6) is 0 Å². The third-order valence-electron chi connectivity index (χ3n) is 1.92. The van der Waals surface area contributed by atoms with Gasteiger partial charge in [-0.2, -0.15) is 4.89 Å². The van der Waals surface area contributed by atoms with Gasteiger partial charge in [-0.15, -0.1) is 0 Å². The maximum atomic E-state index is 11.8. The summed E-state index contributed by atoms with van der Waals surface area (Å²) in [6.07, 6.45) is 0.779. The van der Waals surface area contributed by atoms with Crippen molar-refractivity contribution < 1.29 is 14.6 Å².